The Bertz CT molecular complexity index is 295. The molecule has 0 amide bonds. The Morgan fingerprint density at radius 2 is 2.12 bits per heavy atom. The molecule has 1 aromatic heterocycles. The summed E-state index contributed by atoms with van der Waals surface area (Å²) in [5, 5.41) is 3.48. The first-order valence-corrected chi connectivity index (χ1v) is 6.24. The maximum atomic E-state index is 4.01. The van der Waals surface area contributed by atoms with Gasteiger partial charge in [0.15, 0.2) is 0 Å². The van der Waals surface area contributed by atoms with Crippen LogP contribution in [-0.2, 0) is 6.54 Å². The maximum Gasteiger partial charge on any atom is 0.0271 e. The van der Waals surface area contributed by atoms with Gasteiger partial charge in [-0.1, -0.05) is 6.92 Å². The van der Waals surface area contributed by atoms with Crippen molar-refractivity contribution >= 4 is 0 Å². The molecule has 3 heteroatoms. The summed E-state index contributed by atoms with van der Waals surface area (Å²) in [5.74, 6) is 0. The average molecular weight is 219 g/mol. The largest absolute Gasteiger partial charge is 0.311 e. The molecule has 1 aromatic rings. The van der Waals surface area contributed by atoms with E-state index in [0.29, 0.717) is 0 Å². The van der Waals surface area contributed by atoms with E-state index in [1.807, 2.05) is 12.4 Å². The van der Waals surface area contributed by atoms with E-state index >= 15 is 0 Å². The lowest BCUT2D eigenvalue weighted by atomic mass is 10.3. The molecule has 0 unspecified atom stereocenters. The first-order valence-electron chi connectivity index (χ1n) is 6.24. The first-order chi connectivity index (χ1) is 7.90. The number of rotatable bonds is 7. The Morgan fingerprint density at radius 1 is 1.38 bits per heavy atom. The molecule has 2 rings (SSSR count). The second-order valence-electron chi connectivity index (χ2n) is 4.39. The Morgan fingerprint density at radius 3 is 2.75 bits per heavy atom. The van der Waals surface area contributed by atoms with E-state index in [1.54, 1.807) is 0 Å². The molecule has 0 radical (unpaired) electrons. The van der Waals surface area contributed by atoms with Crippen LogP contribution in [0.25, 0.3) is 0 Å². The quantitative estimate of drug-likeness (QED) is 0.707. The topological polar surface area (TPSA) is 28.2 Å². The fourth-order valence-electron chi connectivity index (χ4n) is 1.99. The summed E-state index contributed by atoms with van der Waals surface area (Å²) >= 11 is 0. The highest BCUT2D eigenvalue weighted by molar-refractivity contribution is 5.08. The Balaban J connectivity index is 1.61. The number of hydrogen-bond donors (Lipinski definition) is 1. The van der Waals surface area contributed by atoms with Crippen LogP contribution in [0.2, 0.25) is 0 Å². The zero-order chi connectivity index (χ0) is 11.2. The fourth-order valence-corrected chi connectivity index (χ4v) is 1.99. The van der Waals surface area contributed by atoms with Crippen molar-refractivity contribution in [3.63, 3.8) is 0 Å². The summed E-state index contributed by atoms with van der Waals surface area (Å²) in [4.78, 5) is 6.58. The third kappa shape index (κ3) is 3.58. The minimum absolute atomic E-state index is 0.882. The summed E-state index contributed by atoms with van der Waals surface area (Å²) in [6, 6.07) is 5.00. The van der Waals surface area contributed by atoms with Gasteiger partial charge in [0.25, 0.3) is 0 Å². The highest BCUT2D eigenvalue weighted by Gasteiger charge is 2.26. The zero-order valence-electron chi connectivity index (χ0n) is 10.0. The second-order valence-corrected chi connectivity index (χ2v) is 4.39. The summed E-state index contributed by atoms with van der Waals surface area (Å²) in [7, 11) is 0. The van der Waals surface area contributed by atoms with Gasteiger partial charge in [-0.05, 0) is 37.1 Å². The van der Waals surface area contributed by atoms with Crippen LogP contribution in [0, 0.1) is 0 Å². The molecule has 1 aliphatic rings. The van der Waals surface area contributed by atoms with E-state index in [1.165, 1.54) is 31.5 Å². The predicted molar refractivity (Wildman–Crippen MR) is 66.2 cm³/mol. The lowest BCUT2D eigenvalue weighted by molar-refractivity contribution is 0.277. The van der Waals surface area contributed by atoms with Crippen LogP contribution in [0.15, 0.2) is 24.5 Å². The van der Waals surface area contributed by atoms with Crippen LogP contribution in [-0.4, -0.2) is 35.6 Å². The van der Waals surface area contributed by atoms with Gasteiger partial charge in [-0.25, -0.2) is 0 Å². The highest BCUT2D eigenvalue weighted by Crippen LogP contribution is 2.25. The molecule has 3 nitrogen and oxygen atoms in total. The fraction of sp³-hybridized carbons (Fsp3) is 0.615. The molecule has 0 aliphatic heterocycles. The smallest absolute Gasteiger partial charge is 0.0271 e. The minimum Gasteiger partial charge on any atom is -0.311 e. The second kappa shape index (κ2) is 5.97. The van der Waals surface area contributed by atoms with E-state index in [9.17, 15) is 0 Å². The first kappa shape index (κ1) is 11.6. The molecule has 88 valence electrons. The minimum atomic E-state index is 0.882. The van der Waals surface area contributed by atoms with Crippen LogP contribution in [0.5, 0.6) is 0 Å². The van der Waals surface area contributed by atoms with Crippen molar-refractivity contribution in [2.75, 3.05) is 19.6 Å². The molecule has 1 N–H and O–H groups in total. The van der Waals surface area contributed by atoms with Gasteiger partial charge in [-0.3, -0.25) is 9.88 Å². The van der Waals surface area contributed by atoms with Crippen molar-refractivity contribution in [2.45, 2.75) is 32.4 Å². The van der Waals surface area contributed by atoms with Gasteiger partial charge < -0.3 is 5.32 Å². The van der Waals surface area contributed by atoms with Crippen molar-refractivity contribution in [2.24, 2.45) is 0 Å². The van der Waals surface area contributed by atoms with Gasteiger partial charge in [0, 0.05) is 38.1 Å². The Hall–Kier alpha value is -0.930. The molecule has 0 spiro atoms. The monoisotopic (exact) mass is 219 g/mol. The van der Waals surface area contributed by atoms with Gasteiger partial charge in [0.1, 0.15) is 0 Å². The third-order valence-corrected chi connectivity index (χ3v) is 3.12. The third-order valence-electron chi connectivity index (χ3n) is 3.12. The maximum absolute atomic E-state index is 4.01. The van der Waals surface area contributed by atoms with Gasteiger partial charge >= 0.3 is 0 Å². The van der Waals surface area contributed by atoms with Gasteiger partial charge in [0.2, 0.25) is 0 Å². The van der Waals surface area contributed by atoms with Gasteiger partial charge in [-0.15, -0.1) is 0 Å². The van der Waals surface area contributed by atoms with Crippen molar-refractivity contribution < 1.29 is 0 Å². The van der Waals surface area contributed by atoms with Crippen LogP contribution in [0.4, 0.5) is 0 Å². The molecule has 0 aromatic carbocycles. The molecule has 0 saturated heterocycles. The van der Waals surface area contributed by atoms with E-state index < -0.39 is 0 Å². The van der Waals surface area contributed by atoms with Crippen molar-refractivity contribution in [3.05, 3.63) is 30.1 Å². The molecule has 1 heterocycles. The number of nitrogens with one attached hydrogen (secondary N) is 1. The molecular weight excluding hydrogens is 198 g/mol. The van der Waals surface area contributed by atoms with E-state index in [0.717, 1.165) is 19.1 Å². The van der Waals surface area contributed by atoms with Gasteiger partial charge in [-0.2, -0.15) is 0 Å². The summed E-state index contributed by atoms with van der Waals surface area (Å²) < 4.78 is 0. The van der Waals surface area contributed by atoms with E-state index in [-0.39, 0.29) is 0 Å². The number of aromatic nitrogens is 1. The number of likely N-dealkylation sites (N-methyl/N-ethyl adjacent to an activating group) is 1. The Labute approximate surface area is 97.9 Å². The van der Waals surface area contributed by atoms with Crippen LogP contribution in [0.3, 0.4) is 0 Å². The van der Waals surface area contributed by atoms with Crippen LogP contribution < -0.4 is 5.32 Å². The normalized spacial score (nSPS) is 15.6. The molecule has 1 saturated carbocycles. The van der Waals surface area contributed by atoms with E-state index in [2.05, 4.69) is 34.3 Å². The summed E-state index contributed by atoms with van der Waals surface area (Å²) in [5.41, 5.74) is 1.31. The lowest BCUT2D eigenvalue weighted by Crippen LogP contribution is -2.33. The number of hydrogen-bond acceptors (Lipinski definition) is 3. The van der Waals surface area contributed by atoms with Crippen molar-refractivity contribution in [1.82, 2.24) is 15.2 Å². The van der Waals surface area contributed by atoms with Crippen molar-refractivity contribution in [1.29, 1.82) is 0 Å². The van der Waals surface area contributed by atoms with Crippen LogP contribution in [0.1, 0.15) is 25.3 Å². The summed E-state index contributed by atoms with van der Waals surface area (Å²) in [6.45, 7) is 6.63. The molecular formula is C13H21N3. The van der Waals surface area contributed by atoms with Gasteiger partial charge in [0.05, 0.1) is 0 Å². The number of nitrogens with zero attached hydrogens (tertiary/aromatic N) is 2. The molecule has 1 aliphatic carbocycles. The highest BCUT2D eigenvalue weighted by atomic mass is 15.2. The molecule has 0 bridgehead atoms. The SMILES string of the molecule is CCN(CCNCc1ccncc1)C1CC1. The molecule has 0 atom stereocenters. The van der Waals surface area contributed by atoms with Crippen molar-refractivity contribution in [3.8, 4) is 0 Å². The van der Waals surface area contributed by atoms with Crippen LogP contribution >= 0.6 is 0 Å². The average Bonchev–Trinajstić information content (AvgIpc) is 3.15. The summed E-state index contributed by atoms with van der Waals surface area (Å²) in [6.07, 6.45) is 6.50. The van der Waals surface area contributed by atoms with E-state index in [4.69, 9.17) is 0 Å². The lowest BCUT2D eigenvalue weighted by Gasteiger charge is -2.19. The molecule has 1 fully saturated rings. The standard InChI is InChI=1S/C13H21N3/c1-2-16(13-3-4-13)10-9-15-11-12-5-7-14-8-6-12/h5-8,13,15H,2-4,9-11H2,1H3. The zero-order valence-corrected chi connectivity index (χ0v) is 10.0. The predicted octanol–water partition coefficient (Wildman–Crippen LogP) is 1.66. The Kier molecular flexibility index (Phi) is 4.31. The molecule has 16 heavy (non-hydrogen) atoms. The number of pyridine rings is 1.